The lowest BCUT2D eigenvalue weighted by molar-refractivity contribution is 0.879. The zero-order valence-electron chi connectivity index (χ0n) is 9.23. The molecule has 1 heterocycles. The molecule has 2 aromatic carbocycles. The summed E-state index contributed by atoms with van der Waals surface area (Å²) in [6, 6.07) is 19.9. The highest BCUT2D eigenvalue weighted by molar-refractivity contribution is 7.97. The molecule has 0 aliphatic carbocycles. The van der Waals surface area contributed by atoms with Gasteiger partial charge in [0.1, 0.15) is 5.75 Å². The Morgan fingerprint density at radius 2 is 1.56 bits per heavy atom. The second-order valence-electron chi connectivity index (χ2n) is 4.12. The molecule has 0 fully saturated rings. The van der Waals surface area contributed by atoms with Crippen LogP contribution in [0, 0.1) is 0 Å². The van der Waals surface area contributed by atoms with Crippen LogP contribution >= 0.6 is 0 Å². The molecule has 2 aromatic rings. The van der Waals surface area contributed by atoms with Gasteiger partial charge in [-0.1, -0.05) is 36.4 Å². The summed E-state index contributed by atoms with van der Waals surface area (Å²) in [5, 5.41) is 0. The molecule has 0 nitrogen and oxygen atoms in total. The van der Waals surface area contributed by atoms with E-state index < -0.39 is 0 Å². The molecular weight excluding hydrogens is 212 g/mol. The van der Waals surface area contributed by atoms with Crippen molar-refractivity contribution in [2.75, 3.05) is 5.75 Å². The normalized spacial score (nSPS) is 19.1. The Labute approximate surface area is 99.7 Å². The van der Waals surface area contributed by atoms with Gasteiger partial charge in [0.15, 0.2) is 9.79 Å². The maximum absolute atomic E-state index is 2.31. The monoisotopic (exact) mass is 227 g/mol. The van der Waals surface area contributed by atoms with Crippen LogP contribution in [0.3, 0.4) is 0 Å². The Morgan fingerprint density at radius 1 is 0.812 bits per heavy atom. The molecule has 0 spiro atoms. The fourth-order valence-corrected chi connectivity index (χ4v) is 4.65. The van der Waals surface area contributed by atoms with Crippen molar-refractivity contribution in [2.45, 2.75) is 22.6 Å². The summed E-state index contributed by atoms with van der Waals surface area (Å²) in [5.41, 5.74) is 1.56. The van der Waals surface area contributed by atoms with Gasteiger partial charge in [0.25, 0.3) is 0 Å². The molecule has 1 atom stereocenters. The van der Waals surface area contributed by atoms with Gasteiger partial charge < -0.3 is 0 Å². The number of aryl methyl sites for hydroxylation is 1. The minimum absolute atomic E-state index is 0.317. The third kappa shape index (κ3) is 1.76. The number of rotatable bonds is 1. The van der Waals surface area contributed by atoms with E-state index in [4.69, 9.17) is 0 Å². The lowest BCUT2D eigenvalue weighted by atomic mass is 10.1. The molecule has 0 saturated carbocycles. The smallest absolute Gasteiger partial charge is 0.0619 e. The minimum atomic E-state index is 0.317. The quantitative estimate of drug-likeness (QED) is 0.652. The molecule has 0 bridgehead atoms. The average molecular weight is 227 g/mol. The highest BCUT2D eigenvalue weighted by atomic mass is 32.2. The van der Waals surface area contributed by atoms with Crippen LogP contribution in [0.1, 0.15) is 12.0 Å². The van der Waals surface area contributed by atoms with E-state index in [-0.39, 0.29) is 0 Å². The predicted octanol–water partition coefficient (Wildman–Crippen LogP) is 3.67. The van der Waals surface area contributed by atoms with Gasteiger partial charge in [0, 0.05) is 5.56 Å². The van der Waals surface area contributed by atoms with Crippen LogP contribution in [0.4, 0.5) is 0 Å². The maximum atomic E-state index is 2.31. The standard InChI is InChI=1S/C15H15S/c1-2-9-14(10-3-1)16-12-6-8-13-7-4-5-11-15(13)16/h1-5,7,9-11H,6,8,12H2/q+1. The Morgan fingerprint density at radius 3 is 2.44 bits per heavy atom. The van der Waals surface area contributed by atoms with E-state index in [0.717, 1.165) is 0 Å². The molecule has 0 radical (unpaired) electrons. The Bertz CT molecular complexity index is 476. The number of benzene rings is 2. The van der Waals surface area contributed by atoms with Crippen LogP contribution in [0.25, 0.3) is 0 Å². The topological polar surface area (TPSA) is 0 Å². The van der Waals surface area contributed by atoms with Gasteiger partial charge in [-0.05, 0) is 31.0 Å². The molecule has 1 heteroatoms. The first-order valence-electron chi connectivity index (χ1n) is 5.79. The summed E-state index contributed by atoms with van der Waals surface area (Å²) < 4.78 is 0. The first kappa shape index (κ1) is 9.98. The van der Waals surface area contributed by atoms with Crippen molar-refractivity contribution < 1.29 is 0 Å². The van der Waals surface area contributed by atoms with Crippen molar-refractivity contribution in [3.63, 3.8) is 0 Å². The SMILES string of the molecule is c1ccc([S+]2CCCc3ccccc32)cc1. The van der Waals surface area contributed by atoms with E-state index in [2.05, 4.69) is 54.6 Å². The Hall–Kier alpha value is -1.21. The van der Waals surface area contributed by atoms with Gasteiger partial charge in [0.05, 0.1) is 10.9 Å². The largest absolute Gasteiger partial charge is 0.163 e. The summed E-state index contributed by atoms with van der Waals surface area (Å²) in [5.74, 6) is 1.32. The minimum Gasteiger partial charge on any atom is -0.0619 e. The second-order valence-corrected chi connectivity index (χ2v) is 6.22. The van der Waals surface area contributed by atoms with Crippen molar-refractivity contribution in [1.82, 2.24) is 0 Å². The average Bonchev–Trinajstić information content (AvgIpc) is 2.39. The maximum Gasteiger partial charge on any atom is 0.163 e. The van der Waals surface area contributed by atoms with Crippen LogP contribution in [0.15, 0.2) is 64.4 Å². The van der Waals surface area contributed by atoms with Crippen molar-refractivity contribution in [2.24, 2.45) is 0 Å². The summed E-state index contributed by atoms with van der Waals surface area (Å²) in [6.45, 7) is 0. The molecule has 3 rings (SSSR count). The van der Waals surface area contributed by atoms with Gasteiger partial charge in [-0.3, -0.25) is 0 Å². The van der Waals surface area contributed by atoms with Crippen molar-refractivity contribution >= 4 is 10.9 Å². The summed E-state index contributed by atoms with van der Waals surface area (Å²) in [4.78, 5) is 3.06. The lowest BCUT2D eigenvalue weighted by Gasteiger charge is -2.16. The van der Waals surface area contributed by atoms with Gasteiger partial charge in [-0.25, -0.2) is 0 Å². The number of fused-ring (bicyclic) bond motifs is 1. The zero-order valence-corrected chi connectivity index (χ0v) is 10.0. The summed E-state index contributed by atoms with van der Waals surface area (Å²) in [7, 11) is 0.317. The highest BCUT2D eigenvalue weighted by Crippen LogP contribution is 2.31. The molecule has 80 valence electrons. The molecule has 0 amide bonds. The van der Waals surface area contributed by atoms with E-state index in [1.165, 1.54) is 23.5 Å². The molecule has 0 saturated heterocycles. The van der Waals surface area contributed by atoms with Crippen LogP contribution in [-0.2, 0) is 17.3 Å². The van der Waals surface area contributed by atoms with Crippen LogP contribution in [-0.4, -0.2) is 5.75 Å². The third-order valence-corrected chi connectivity index (χ3v) is 5.53. The van der Waals surface area contributed by atoms with Crippen LogP contribution in [0.2, 0.25) is 0 Å². The number of hydrogen-bond acceptors (Lipinski definition) is 0. The van der Waals surface area contributed by atoms with Crippen molar-refractivity contribution in [3.05, 3.63) is 60.2 Å². The zero-order chi connectivity index (χ0) is 10.8. The fourth-order valence-electron chi connectivity index (χ4n) is 2.30. The van der Waals surface area contributed by atoms with Crippen molar-refractivity contribution in [1.29, 1.82) is 0 Å². The molecular formula is C15H15S+. The van der Waals surface area contributed by atoms with Crippen LogP contribution in [0.5, 0.6) is 0 Å². The molecule has 16 heavy (non-hydrogen) atoms. The molecule has 1 aliphatic rings. The Kier molecular flexibility index (Phi) is 2.71. The predicted molar refractivity (Wildman–Crippen MR) is 70.0 cm³/mol. The summed E-state index contributed by atoms with van der Waals surface area (Å²) >= 11 is 0. The lowest BCUT2D eigenvalue weighted by Crippen LogP contribution is -2.16. The van der Waals surface area contributed by atoms with Gasteiger partial charge in [0.2, 0.25) is 0 Å². The van der Waals surface area contributed by atoms with Crippen molar-refractivity contribution in [3.8, 4) is 0 Å². The van der Waals surface area contributed by atoms with Gasteiger partial charge in [-0.15, -0.1) is 0 Å². The first-order chi connectivity index (χ1) is 7.95. The molecule has 0 aromatic heterocycles. The Balaban J connectivity index is 2.05. The van der Waals surface area contributed by atoms with E-state index in [0.29, 0.717) is 10.9 Å². The van der Waals surface area contributed by atoms with Crippen LogP contribution < -0.4 is 0 Å². The van der Waals surface area contributed by atoms with E-state index in [1.54, 1.807) is 10.5 Å². The van der Waals surface area contributed by atoms with E-state index in [9.17, 15) is 0 Å². The highest BCUT2D eigenvalue weighted by Gasteiger charge is 2.30. The van der Waals surface area contributed by atoms with Gasteiger partial charge >= 0.3 is 0 Å². The molecule has 1 unspecified atom stereocenters. The molecule has 1 aliphatic heterocycles. The van der Waals surface area contributed by atoms with Gasteiger partial charge in [-0.2, -0.15) is 0 Å². The number of hydrogen-bond donors (Lipinski definition) is 0. The fraction of sp³-hybridized carbons (Fsp3) is 0.200. The van der Waals surface area contributed by atoms with E-state index >= 15 is 0 Å². The molecule has 0 N–H and O–H groups in total. The second kappa shape index (κ2) is 4.34. The third-order valence-electron chi connectivity index (χ3n) is 3.06. The van der Waals surface area contributed by atoms with E-state index in [1.807, 2.05) is 0 Å². The first-order valence-corrected chi connectivity index (χ1v) is 7.18. The summed E-state index contributed by atoms with van der Waals surface area (Å²) in [6.07, 6.45) is 2.58.